The van der Waals surface area contributed by atoms with Gasteiger partial charge in [-0.15, -0.1) is 0 Å². The number of amides is 1. The number of carbonyl (C=O) groups excluding carboxylic acids is 1. The topological polar surface area (TPSA) is 40.8 Å². The Morgan fingerprint density at radius 1 is 1.23 bits per heavy atom. The molecule has 5 heteroatoms. The van der Waals surface area contributed by atoms with Crippen molar-refractivity contribution in [2.75, 3.05) is 27.2 Å². The lowest BCUT2D eigenvalue weighted by Gasteiger charge is -2.41. The molecule has 1 unspecified atom stereocenters. The molecule has 0 radical (unpaired) electrons. The van der Waals surface area contributed by atoms with E-state index >= 15 is 0 Å². The van der Waals surface area contributed by atoms with Crippen LogP contribution >= 0.6 is 0 Å². The SMILES string of the molecule is CN(C)C1[C@@H]2CC[C@H]1CN(C(=O)c1ccc3nccn3c1)C2. The minimum absolute atomic E-state index is 0.157. The zero-order valence-electron chi connectivity index (χ0n) is 13.1. The highest BCUT2D eigenvalue weighted by atomic mass is 16.2. The largest absolute Gasteiger partial charge is 0.338 e. The molecule has 1 saturated carbocycles. The first-order valence-electron chi connectivity index (χ1n) is 8.02. The molecule has 4 rings (SSSR count). The average molecular weight is 298 g/mol. The highest BCUT2D eigenvalue weighted by molar-refractivity contribution is 5.94. The zero-order valence-corrected chi connectivity index (χ0v) is 13.1. The van der Waals surface area contributed by atoms with Crippen LogP contribution in [0, 0.1) is 11.8 Å². The molecule has 2 aromatic rings. The van der Waals surface area contributed by atoms with E-state index in [2.05, 4.69) is 28.9 Å². The molecule has 22 heavy (non-hydrogen) atoms. The Labute approximate surface area is 130 Å². The monoisotopic (exact) mass is 298 g/mol. The number of rotatable bonds is 2. The fraction of sp³-hybridized carbons (Fsp3) is 0.529. The molecule has 5 nitrogen and oxygen atoms in total. The molecule has 1 saturated heterocycles. The highest BCUT2D eigenvalue weighted by Crippen LogP contribution is 2.39. The van der Waals surface area contributed by atoms with Crippen molar-refractivity contribution < 1.29 is 4.79 Å². The summed E-state index contributed by atoms with van der Waals surface area (Å²) in [5.74, 6) is 1.40. The van der Waals surface area contributed by atoms with Gasteiger partial charge in [0.15, 0.2) is 0 Å². The normalized spacial score (nSPS) is 27.8. The molecule has 2 aliphatic rings. The van der Waals surface area contributed by atoms with Gasteiger partial charge in [0, 0.05) is 37.7 Å². The van der Waals surface area contributed by atoms with Crippen molar-refractivity contribution in [3.05, 3.63) is 36.3 Å². The molecule has 116 valence electrons. The van der Waals surface area contributed by atoms with E-state index in [1.807, 2.05) is 28.9 Å². The van der Waals surface area contributed by atoms with Gasteiger partial charge in [-0.2, -0.15) is 0 Å². The molecule has 3 atom stereocenters. The Morgan fingerprint density at radius 3 is 2.64 bits per heavy atom. The predicted molar refractivity (Wildman–Crippen MR) is 84.8 cm³/mol. The molecule has 0 N–H and O–H groups in total. The van der Waals surface area contributed by atoms with E-state index < -0.39 is 0 Å². The summed E-state index contributed by atoms with van der Waals surface area (Å²) in [6, 6.07) is 4.44. The van der Waals surface area contributed by atoms with Crippen molar-refractivity contribution in [1.82, 2.24) is 19.2 Å². The van der Waals surface area contributed by atoms with Gasteiger partial charge in [0.25, 0.3) is 5.91 Å². The Balaban J connectivity index is 1.56. The predicted octanol–water partition coefficient (Wildman–Crippen LogP) is 1.75. The quantitative estimate of drug-likeness (QED) is 0.848. The maximum atomic E-state index is 12.8. The Bertz CT molecular complexity index is 694. The third kappa shape index (κ3) is 2.11. The van der Waals surface area contributed by atoms with Crippen LogP contribution in [0.5, 0.6) is 0 Å². The van der Waals surface area contributed by atoms with Crippen LogP contribution in [0.3, 0.4) is 0 Å². The minimum Gasteiger partial charge on any atom is -0.338 e. The summed E-state index contributed by atoms with van der Waals surface area (Å²) in [4.78, 5) is 21.5. The Kier molecular flexibility index (Phi) is 3.18. The van der Waals surface area contributed by atoms with Gasteiger partial charge in [0.1, 0.15) is 5.65 Å². The number of hydrogen-bond acceptors (Lipinski definition) is 3. The lowest BCUT2D eigenvalue weighted by atomic mass is 9.91. The fourth-order valence-corrected chi connectivity index (χ4v) is 4.43. The standard InChI is InChI=1S/C17H22N4O/c1-19(2)16-12-3-4-13(16)10-21(9-12)17(22)14-5-6-15-18-7-8-20(15)11-14/h5-8,11-13,16H,3-4,9-10H2,1-2H3/t12-,13+,16?. The number of piperidine rings is 1. The van der Waals surface area contributed by atoms with Crippen LogP contribution in [0.15, 0.2) is 30.7 Å². The van der Waals surface area contributed by atoms with Gasteiger partial charge < -0.3 is 14.2 Å². The summed E-state index contributed by atoms with van der Waals surface area (Å²) in [5, 5.41) is 0. The van der Waals surface area contributed by atoms with Crippen LogP contribution in [-0.4, -0.2) is 58.3 Å². The summed E-state index contributed by atoms with van der Waals surface area (Å²) < 4.78 is 1.91. The molecular weight excluding hydrogens is 276 g/mol. The summed E-state index contributed by atoms with van der Waals surface area (Å²) in [6.07, 6.45) is 8.03. The lowest BCUT2D eigenvalue weighted by Crippen LogP contribution is -2.52. The number of carbonyl (C=O) groups is 1. The van der Waals surface area contributed by atoms with Crippen molar-refractivity contribution in [2.45, 2.75) is 18.9 Å². The molecule has 2 aromatic heterocycles. The first-order valence-corrected chi connectivity index (χ1v) is 8.02. The van der Waals surface area contributed by atoms with Gasteiger partial charge in [0.05, 0.1) is 5.56 Å². The number of hydrogen-bond donors (Lipinski definition) is 0. The van der Waals surface area contributed by atoms with Crippen molar-refractivity contribution in [3.63, 3.8) is 0 Å². The molecule has 1 aliphatic heterocycles. The van der Waals surface area contributed by atoms with Gasteiger partial charge in [0.2, 0.25) is 0 Å². The number of fused-ring (bicyclic) bond motifs is 3. The molecule has 2 bridgehead atoms. The first kappa shape index (κ1) is 13.8. The molecule has 1 amide bonds. The fourth-order valence-electron chi connectivity index (χ4n) is 4.43. The first-order chi connectivity index (χ1) is 10.6. The third-order valence-corrected chi connectivity index (χ3v) is 5.30. The number of pyridine rings is 1. The summed E-state index contributed by atoms with van der Waals surface area (Å²) in [6.45, 7) is 1.78. The molecule has 1 aliphatic carbocycles. The number of nitrogens with zero attached hydrogens (tertiary/aromatic N) is 4. The number of aromatic nitrogens is 2. The summed E-state index contributed by atoms with van der Waals surface area (Å²) >= 11 is 0. The van der Waals surface area contributed by atoms with Crippen molar-refractivity contribution in [3.8, 4) is 0 Å². The van der Waals surface area contributed by atoms with Gasteiger partial charge in [-0.25, -0.2) is 4.98 Å². The number of imidazole rings is 1. The second-order valence-electron chi connectivity index (χ2n) is 6.87. The second kappa shape index (κ2) is 5.09. The molecule has 0 aromatic carbocycles. The van der Waals surface area contributed by atoms with Crippen molar-refractivity contribution in [1.29, 1.82) is 0 Å². The van der Waals surface area contributed by atoms with E-state index in [0.29, 0.717) is 17.9 Å². The Hall–Kier alpha value is -1.88. The minimum atomic E-state index is 0.157. The van der Waals surface area contributed by atoms with E-state index in [0.717, 1.165) is 24.3 Å². The van der Waals surface area contributed by atoms with Gasteiger partial charge in [-0.05, 0) is 50.9 Å². The van der Waals surface area contributed by atoms with Crippen LogP contribution in [0.4, 0.5) is 0 Å². The van der Waals surface area contributed by atoms with E-state index in [-0.39, 0.29) is 5.91 Å². The van der Waals surface area contributed by atoms with Crippen LogP contribution in [0.25, 0.3) is 5.65 Å². The van der Waals surface area contributed by atoms with Crippen LogP contribution in [0.2, 0.25) is 0 Å². The molecule has 2 fully saturated rings. The molecule has 3 heterocycles. The van der Waals surface area contributed by atoms with Gasteiger partial charge in [-0.1, -0.05) is 0 Å². The lowest BCUT2D eigenvalue weighted by molar-refractivity contribution is 0.0487. The van der Waals surface area contributed by atoms with E-state index in [1.165, 1.54) is 12.8 Å². The Morgan fingerprint density at radius 2 is 1.95 bits per heavy atom. The van der Waals surface area contributed by atoms with Crippen molar-refractivity contribution in [2.24, 2.45) is 11.8 Å². The third-order valence-electron chi connectivity index (χ3n) is 5.30. The maximum Gasteiger partial charge on any atom is 0.255 e. The van der Waals surface area contributed by atoms with Crippen molar-refractivity contribution >= 4 is 11.6 Å². The second-order valence-corrected chi connectivity index (χ2v) is 6.87. The highest BCUT2D eigenvalue weighted by Gasteiger charge is 2.44. The zero-order chi connectivity index (χ0) is 15.3. The summed E-state index contributed by atoms with van der Waals surface area (Å²) in [5.41, 5.74) is 1.64. The van der Waals surface area contributed by atoms with E-state index in [9.17, 15) is 4.79 Å². The van der Waals surface area contributed by atoms with Gasteiger partial charge in [-0.3, -0.25) is 4.79 Å². The van der Waals surface area contributed by atoms with Gasteiger partial charge >= 0.3 is 0 Å². The number of likely N-dealkylation sites (tertiary alicyclic amines) is 1. The van der Waals surface area contributed by atoms with E-state index in [1.54, 1.807) is 6.20 Å². The molecular formula is C17H22N4O. The smallest absolute Gasteiger partial charge is 0.255 e. The average Bonchev–Trinajstić information content (AvgIpc) is 3.08. The summed E-state index contributed by atoms with van der Waals surface area (Å²) in [7, 11) is 4.33. The van der Waals surface area contributed by atoms with Crippen LogP contribution in [0.1, 0.15) is 23.2 Å². The van der Waals surface area contributed by atoms with E-state index in [4.69, 9.17) is 0 Å². The van der Waals surface area contributed by atoms with Crippen LogP contribution < -0.4 is 0 Å². The molecule has 0 spiro atoms. The van der Waals surface area contributed by atoms with Crippen LogP contribution in [-0.2, 0) is 0 Å². The maximum absolute atomic E-state index is 12.8.